The highest BCUT2D eigenvalue weighted by Crippen LogP contribution is 2.04. The van der Waals surface area contributed by atoms with Crippen molar-refractivity contribution >= 4 is 0 Å². The lowest BCUT2D eigenvalue weighted by molar-refractivity contribution is 0.113. The molecule has 0 bridgehead atoms. The van der Waals surface area contributed by atoms with Crippen LogP contribution in [-0.2, 0) is 6.42 Å². The monoisotopic (exact) mass is 248 g/mol. The van der Waals surface area contributed by atoms with Crippen LogP contribution < -0.4 is 5.32 Å². The number of likely N-dealkylation sites (N-methyl/N-ethyl adjacent to an activating group) is 2. The first-order chi connectivity index (χ1) is 8.75. The third-order valence-electron chi connectivity index (χ3n) is 3.67. The van der Waals surface area contributed by atoms with Gasteiger partial charge in [0.25, 0.3) is 0 Å². The van der Waals surface area contributed by atoms with E-state index in [1.807, 2.05) is 18.5 Å². The number of rotatable bonds is 5. The maximum Gasteiger partial charge on any atom is 0.0345 e. The Kier molecular flexibility index (Phi) is 5.11. The fraction of sp³-hybridized carbons (Fsp3) is 0.643. The van der Waals surface area contributed by atoms with E-state index in [0.717, 1.165) is 26.1 Å². The first-order valence-electron chi connectivity index (χ1n) is 6.74. The molecule has 0 aromatic carbocycles. The van der Waals surface area contributed by atoms with Gasteiger partial charge in [-0.25, -0.2) is 0 Å². The highest BCUT2D eigenvalue weighted by atomic mass is 15.3. The van der Waals surface area contributed by atoms with Gasteiger partial charge in [-0.15, -0.1) is 0 Å². The molecule has 1 N–H and O–H groups in total. The Morgan fingerprint density at radius 3 is 3.06 bits per heavy atom. The zero-order valence-corrected chi connectivity index (χ0v) is 11.5. The standard InChI is InChI=1S/C14H24N4/c1-17-8-9-18(2)14(12-17)11-16-7-5-13-4-3-6-15-10-13/h3-4,6,10,14,16H,5,7-9,11-12H2,1-2H3. The zero-order valence-electron chi connectivity index (χ0n) is 11.5. The molecule has 1 aliphatic rings. The lowest BCUT2D eigenvalue weighted by Gasteiger charge is -2.37. The Balaban J connectivity index is 1.66. The Morgan fingerprint density at radius 1 is 1.39 bits per heavy atom. The number of nitrogens with zero attached hydrogens (tertiary/aromatic N) is 3. The summed E-state index contributed by atoms with van der Waals surface area (Å²) in [7, 11) is 4.43. The quantitative estimate of drug-likeness (QED) is 0.767. The first kappa shape index (κ1) is 13.5. The highest BCUT2D eigenvalue weighted by molar-refractivity contribution is 5.08. The Labute approximate surface area is 110 Å². The molecule has 1 atom stereocenters. The van der Waals surface area contributed by atoms with Crippen LogP contribution >= 0.6 is 0 Å². The summed E-state index contributed by atoms with van der Waals surface area (Å²) >= 11 is 0. The van der Waals surface area contributed by atoms with Gasteiger partial charge in [0.2, 0.25) is 0 Å². The van der Waals surface area contributed by atoms with Crippen LogP contribution in [0.25, 0.3) is 0 Å². The smallest absolute Gasteiger partial charge is 0.0345 e. The second kappa shape index (κ2) is 6.83. The van der Waals surface area contributed by atoms with Crippen molar-refractivity contribution in [3.05, 3.63) is 30.1 Å². The summed E-state index contributed by atoms with van der Waals surface area (Å²) in [5, 5.41) is 3.56. The van der Waals surface area contributed by atoms with E-state index in [1.165, 1.54) is 18.7 Å². The fourth-order valence-corrected chi connectivity index (χ4v) is 2.37. The molecule has 4 heteroatoms. The highest BCUT2D eigenvalue weighted by Gasteiger charge is 2.21. The fourth-order valence-electron chi connectivity index (χ4n) is 2.37. The number of hydrogen-bond acceptors (Lipinski definition) is 4. The van der Waals surface area contributed by atoms with Gasteiger partial charge in [-0.2, -0.15) is 0 Å². The second-order valence-electron chi connectivity index (χ2n) is 5.21. The Hall–Kier alpha value is -0.970. The van der Waals surface area contributed by atoms with Crippen molar-refractivity contribution < 1.29 is 0 Å². The van der Waals surface area contributed by atoms with Crippen molar-refractivity contribution in [1.29, 1.82) is 0 Å². The predicted octanol–water partition coefficient (Wildman–Crippen LogP) is 0.460. The second-order valence-corrected chi connectivity index (χ2v) is 5.21. The molecule has 0 spiro atoms. The van der Waals surface area contributed by atoms with Crippen LogP contribution in [-0.4, -0.2) is 67.6 Å². The average Bonchev–Trinajstić information content (AvgIpc) is 2.40. The predicted molar refractivity (Wildman–Crippen MR) is 74.7 cm³/mol. The van der Waals surface area contributed by atoms with Crippen LogP contribution in [0.1, 0.15) is 5.56 Å². The van der Waals surface area contributed by atoms with Gasteiger partial charge in [0, 0.05) is 44.6 Å². The molecule has 2 rings (SSSR count). The molecule has 4 nitrogen and oxygen atoms in total. The molecule has 100 valence electrons. The molecule has 0 amide bonds. The molecule has 1 aliphatic heterocycles. The van der Waals surface area contributed by atoms with Gasteiger partial charge in [0.05, 0.1) is 0 Å². The van der Waals surface area contributed by atoms with E-state index in [0.29, 0.717) is 6.04 Å². The summed E-state index contributed by atoms with van der Waals surface area (Å²) in [4.78, 5) is 9.00. The van der Waals surface area contributed by atoms with Crippen molar-refractivity contribution in [3.8, 4) is 0 Å². The Morgan fingerprint density at radius 2 is 2.28 bits per heavy atom. The van der Waals surface area contributed by atoms with Gasteiger partial charge in [-0.3, -0.25) is 9.88 Å². The summed E-state index contributed by atoms with van der Waals surface area (Å²) in [5.41, 5.74) is 1.30. The summed E-state index contributed by atoms with van der Waals surface area (Å²) in [6.07, 6.45) is 4.83. The maximum absolute atomic E-state index is 4.13. The number of aromatic nitrogens is 1. The van der Waals surface area contributed by atoms with Crippen molar-refractivity contribution in [3.63, 3.8) is 0 Å². The SMILES string of the molecule is CN1CCN(C)C(CNCCc2cccnc2)C1. The van der Waals surface area contributed by atoms with Crippen LogP contribution in [0, 0.1) is 0 Å². The van der Waals surface area contributed by atoms with E-state index in [4.69, 9.17) is 0 Å². The lowest BCUT2D eigenvalue weighted by Crippen LogP contribution is -2.53. The molecule has 0 aliphatic carbocycles. The number of nitrogens with one attached hydrogen (secondary N) is 1. The van der Waals surface area contributed by atoms with Crippen LogP contribution in [0.15, 0.2) is 24.5 Å². The van der Waals surface area contributed by atoms with Crippen molar-refractivity contribution in [1.82, 2.24) is 20.1 Å². The van der Waals surface area contributed by atoms with E-state index in [9.17, 15) is 0 Å². The third-order valence-corrected chi connectivity index (χ3v) is 3.67. The molecule has 0 radical (unpaired) electrons. The van der Waals surface area contributed by atoms with E-state index in [1.54, 1.807) is 0 Å². The van der Waals surface area contributed by atoms with E-state index in [2.05, 4.69) is 40.3 Å². The summed E-state index contributed by atoms with van der Waals surface area (Å²) in [6.45, 7) is 5.62. The molecule has 1 aromatic rings. The third kappa shape index (κ3) is 4.05. The maximum atomic E-state index is 4.13. The molecule has 0 saturated carbocycles. The van der Waals surface area contributed by atoms with Gasteiger partial charge < -0.3 is 10.2 Å². The van der Waals surface area contributed by atoms with Gasteiger partial charge in [-0.1, -0.05) is 6.07 Å². The molecule has 2 heterocycles. The molecule has 1 aromatic heterocycles. The van der Waals surface area contributed by atoms with Gasteiger partial charge in [0.1, 0.15) is 0 Å². The van der Waals surface area contributed by atoms with Gasteiger partial charge >= 0.3 is 0 Å². The van der Waals surface area contributed by atoms with Crippen LogP contribution in [0.4, 0.5) is 0 Å². The largest absolute Gasteiger partial charge is 0.315 e. The summed E-state index contributed by atoms with van der Waals surface area (Å²) < 4.78 is 0. The van der Waals surface area contributed by atoms with E-state index in [-0.39, 0.29) is 0 Å². The topological polar surface area (TPSA) is 31.4 Å². The number of piperazine rings is 1. The van der Waals surface area contributed by atoms with Gasteiger partial charge in [-0.05, 0) is 38.7 Å². The minimum absolute atomic E-state index is 0.637. The van der Waals surface area contributed by atoms with Gasteiger partial charge in [0.15, 0.2) is 0 Å². The molecule has 18 heavy (non-hydrogen) atoms. The minimum atomic E-state index is 0.637. The molecule has 1 fully saturated rings. The van der Waals surface area contributed by atoms with Crippen molar-refractivity contribution in [2.24, 2.45) is 0 Å². The zero-order chi connectivity index (χ0) is 12.8. The average molecular weight is 248 g/mol. The summed E-state index contributed by atoms with van der Waals surface area (Å²) in [5.74, 6) is 0. The number of hydrogen-bond donors (Lipinski definition) is 1. The van der Waals surface area contributed by atoms with E-state index < -0.39 is 0 Å². The van der Waals surface area contributed by atoms with E-state index >= 15 is 0 Å². The normalized spacial score (nSPS) is 22.2. The lowest BCUT2D eigenvalue weighted by atomic mass is 10.1. The van der Waals surface area contributed by atoms with Crippen LogP contribution in [0.3, 0.4) is 0 Å². The molecular weight excluding hydrogens is 224 g/mol. The Bertz CT molecular complexity index is 341. The molecule has 1 saturated heterocycles. The number of pyridine rings is 1. The molecular formula is C14H24N4. The van der Waals surface area contributed by atoms with Crippen molar-refractivity contribution in [2.45, 2.75) is 12.5 Å². The molecule has 1 unspecified atom stereocenters. The van der Waals surface area contributed by atoms with Crippen LogP contribution in [0.2, 0.25) is 0 Å². The van der Waals surface area contributed by atoms with Crippen LogP contribution in [0.5, 0.6) is 0 Å². The minimum Gasteiger partial charge on any atom is -0.315 e. The van der Waals surface area contributed by atoms with Crippen molar-refractivity contribution in [2.75, 3.05) is 46.8 Å². The first-order valence-corrected chi connectivity index (χ1v) is 6.74. The summed E-state index contributed by atoms with van der Waals surface area (Å²) in [6, 6.07) is 4.77.